The van der Waals surface area contributed by atoms with Crippen molar-refractivity contribution < 1.29 is 131 Å². The van der Waals surface area contributed by atoms with Gasteiger partial charge in [-0.3, -0.25) is 28.0 Å². The summed E-state index contributed by atoms with van der Waals surface area (Å²) in [4.78, 5) is 59.7. The van der Waals surface area contributed by atoms with Crippen molar-refractivity contribution >= 4 is 21.9 Å². The van der Waals surface area contributed by atoms with Gasteiger partial charge in [0.05, 0.1) is 6.61 Å². The minimum absolute atomic E-state index is 0. The molecule has 0 saturated carbocycles. The molecule has 0 aromatic carbocycles. The fraction of sp³-hybridized carbons (Fsp3) is 0.667. The molecule has 204 valence electrons. The van der Waals surface area contributed by atoms with Gasteiger partial charge >= 0.3 is 64.8 Å². The number of carbonyl (C=O) groups is 1. The molecule has 2 saturated heterocycles. The predicted molar refractivity (Wildman–Crippen MR) is 103 cm³/mol. The van der Waals surface area contributed by atoms with E-state index in [1.54, 1.807) is 0 Å². The van der Waals surface area contributed by atoms with E-state index in [0.29, 0.717) is 4.57 Å². The van der Waals surface area contributed by atoms with Crippen LogP contribution < -0.4 is 80.2 Å². The number of nitrogens with one attached hydrogen (secondary N) is 1. The summed E-state index contributed by atoms with van der Waals surface area (Å²) in [6.07, 6.45) is -16.5. The number of H-pyrrole nitrogens is 1. The number of phosphoric ester groups is 2. The third-order valence-corrected chi connectivity index (χ3v) is 7.56. The van der Waals surface area contributed by atoms with Gasteiger partial charge in [0.2, 0.25) is 0 Å². The van der Waals surface area contributed by atoms with Gasteiger partial charge in [-0.15, -0.1) is 0 Å². The van der Waals surface area contributed by atoms with E-state index in [9.17, 15) is 58.8 Å². The molecule has 23 heteroatoms. The Labute approximate surface area is 256 Å². The van der Waals surface area contributed by atoms with Crippen LogP contribution in [-0.4, -0.2) is 97.0 Å². The number of aliphatic hydroxyl groups excluding tert-OH is 5. The molecule has 0 spiro atoms. The molecule has 0 radical (unpaired) electrons. The Hall–Kier alpha value is 0.330. The molecule has 0 amide bonds. The summed E-state index contributed by atoms with van der Waals surface area (Å²) in [6, 6.07) is 0.906. The topological polar surface area (TPSA) is 299 Å². The Morgan fingerprint density at radius 3 is 2.18 bits per heavy atom. The SMILES string of the molecule is O=C[C@H]1OC(OP(=O)([O-])OP(=O)([O-])OC[C@H]2O[C@@H](n3ccc(=O)[nH]c3=O)[C@H](O)[C@@H]2O)[C@H](O)[C@@H](O)[C@H]1O.[Na+].[Na+]. The van der Waals surface area contributed by atoms with Crippen molar-refractivity contribution in [2.75, 3.05) is 6.61 Å². The number of aliphatic hydroxyl groups is 5. The number of nitrogens with zero attached hydrogens (tertiary/aromatic N) is 1. The van der Waals surface area contributed by atoms with Gasteiger partial charge in [0.15, 0.2) is 18.8 Å². The molecule has 2 aliphatic heterocycles. The maximum Gasteiger partial charge on any atom is 1.00 e. The van der Waals surface area contributed by atoms with E-state index in [1.165, 1.54) is 0 Å². The van der Waals surface area contributed by atoms with E-state index < -0.39 is 88.7 Å². The average Bonchev–Trinajstić information content (AvgIpc) is 3.06. The van der Waals surface area contributed by atoms with E-state index in [2.05, 4.69) is 18.1 Å². The minimum Gasteiger partial charge on any atom is -0.756 e. The maximum absolute atomic E-state index is 12.0. The minimum atomic E-state index is -5.94. The molecule has 11 atom stereocenters. The van der Waals surface area contributed by atoms with E-state index >= 15 is 0 Å². The number of hydrogen-bond acceptors (Lipinski definition) is 17. The first kappa shape index (κ1) is 36.4. The Kier molecular flexibility index (Phi) is 13.9. The first-order chi connectivity index (χ1) is 16.7. The molecular formula is C15H20N2Na2O17P2. The van der Waals surface area contributed by atoms with Gasteiger partial charge < -0.3 is 54.1 Å². The van der Waals surface area contributed by atoms with E-state index in [4.69, 9.17) is 4.74 Å². The smallest absolute Gasteiger partial charge is 0.756 e. The van der Waals surface area contributed by atoms with Crippen LogP contribution in [0.3, 0.4) is 0 Å². The third-order valence-electron chi connectivity index (χ3n) is 5.03. The molecule has 6 N–H and O–H groups in total. The molecule has 19 nitrogen and oxygen atoms in total. The molecule has 2 fully saturated rings. The summed E-state index contributed by atoms with van der Waals surface area (Å²) in [5.74, 6) is 0. The number of aromatic nitrogens is 2. The standard InChI is InChI=1S/C15H22N2O17P2.2Na/c18-3-5-8(20)10(22)12(24)14(32-5)33-36(28,29)34-35(26,27)30-4-6-9(21)11(23)13(31-6)17-2-1-7(19)16-15(17)25;;/h1-3,5-6,8-14,20-24H,4H2,(H,26,27)(H,28,29)(H,16,19,25);;/q;2*+1/p-2/t5-,6-,8+,9-,10+,11-,12-,13-,14?;;/m1../s1. The van der Waals surface area contributed by atoms with Gasteiger partial charge in [0.25, 0.3) is 21.2 Å². The van der Waals surface area contributed by atoms with Gasteiger partial charge in [0.1, 0.15) is 42.7 Å². The molecule has 0 bridgehead atoms. The van der Waals surface area contributed by atoms with Crippen molar-refractivity contribution in [1.82, 2.24) is 9.55 Å². The van der Waals surface area contributed by atoms with E-state index in [0.717, 1.165) is 12.3 Å². The zero-order valence-corrected chi connectivity index (χ0v) is 25.4. The quantitative estimate of drug-likeness (QED) is 0.0861. The molecule has 1 aromatic heterocycles. The van der Waals surface area contributed by atoms with Crippen molar-refractivity contribution in [3.05, 3.63) is 33.1 Å². The largest absolute Gasteiger partial charge is 1.00 e. The Balaban J connectivity index is 0.00000361. The average molecular weight is 608 g/mol. The number of phosphoric acid groups is 2. The van der Waals surface area contributed by atoms with Crippen LogP contribution in [0.25, 0.3) is 0 Å². The summed E-state index contributed by atoms with van der Waals surface area (Å²) in [5.41, 5.74) is -1.79. The molecule has 1 aromatic rings. The number of hydrogen-bond donors (Lipinski definition) is 6. The Morgan fingerprint density at radius 2 is 1.61 bits per heavy atom. The molecule has 3 heterocycles. The van der Waals surface area contributed by atoms with Crippen LogP contribution in [0, 0.1) is 0 Å². The van der Waals surface area contributed by atoms with Crippen LogP contribution >= 0.6 is 15.6 Å². The zero-order valence-electron chi connectivity index (χ0n) is 19.6. The Bertz CT molecular complexity index is 1170. The fourth-order valence-corrected chi connectivity index (χ4v) is 5.34. The van der Waals surface area contributed by atoms with Crippen molar-refractivity contribution in [3.63, 3.8) is 0 Å². The van der Waals surface area contributed by atoms with Crippen LogP contribution in [0.1, 0.15) is 6.23 Å². The molecule has 3 unspecified atom stereocenters. The third kappa shape index (κ3) is 8.67. The van der Waals surface area contributed by atoms with Gasteiger partial charge in [-0.05, 0) is 0 Å². The maximum atomic E-state index is 12.0. The van der Waals surface area contributed by atoms with Gasteiger partial charge in [-0.1, -0.05) is 0 Å². The van der Waals surface area contributed by atoms with Crippen LogP contribution in [-0.2, 0) is 36.8 Å². The van der Waals surface area contributed by atoms with E-state index in [1.807, 2.05) is 4.98 Å². The van der Waals surface area contributed by atoms with Crippen LogP contribution in [0.4, 0.5) is 0 Å². The van der Waals surface area contributed by atoms with Crippen molar-refractivity contribution in [2.24, 2.45) is 0 Å². The molecule has 38 heavy (non-hydrogen) atoms. The van der Waals surface area contributed by atoms with Crippen molar-refractivity contribution in [3.8, 4) is 0 Å². The predicted octanol–water partition coefficient (Wildman–Crippen LogP) is -11.8. The van der Waals surface area contributed by atoms with Crippen LogP contribution in [0.5, 0.6) is 0 Å². The second kappa shape index (κ2) is 14.5. The summed E-state index contributed by atoms with van der Waals surface area (Å²) in [7, 11) is -11.8. The van der Waals surface area contributed by atoms with Gasteiger partial charge in [-0.2, -0.15) is 0 Å². The second-order valence-electron chi connectivity index (χ2n) is 7.52. The summed E-state index contributed by atoms with van der Waals surface area (Å²) < 4.78 is 46.9. The normalized spacial score (nSPS) is 36.2. The van der Waals surface area contributed by atoms with Gasteiger partial charge in [-0.25, -0.2) is 9.11 Å². The molecular weight excluding hydrogens is 588 g/mol. The number of aldehydes is 1. The van der Waals surface area contributed by atoms with Crippen LogP contribution in [0.15, 0.2) is 21.9 Å². The van der Waals surface area contributed by atoms with Crippen molar-refractivity contribution in [2.45, 2.75) is 55.2 Å². The first-order valence-electron chi connectivity index (χ1n) is 9.80. The summed E-state index contributed by atoms with van der Waals surface area (Å²) >= 11 is 0. The number of rotatable bonds is 9. The van der Waals surface area contributed by atoms with Crippen LogP contribution in [0.2, 0.25) is 0 Å². The number of aromatic amines is 1. The van der Waals surface area contributed by atoms with Crippen molar-refractivity contribution in [1.29, 1.82) is 0 Å². The zero-order chi connectivity index (χ0) is 27.0. The fourth-order valence-electron chi connectivity index (χ4n) is 3.25. The number of carbonyl (C=O) groups excluding carboxylic acids is 1. The molecule has 2 aliphatic rings. The van der Waals surface area contributed by atoms with E-state index in [-0.39, 0.29) is 65.4 Å². The second-order valence-corrected chi connectivity index (χ2v) is 10.4. The monoisotopic (exact) mass is 608 g/mol. The molecule has 3 rings (SSSR count). The molecule has 0 aliphatic carbocycles. The Morgan fingerprint density at radius 1 is 0.974 bits per heavy atom. The first-order valence-corrected chi connectivity index (χ1v) is 12.7. The summed E-state index contributed by atoms with van der Waals surface area (Å²) in [5, 5.41) is 49.1. The summed E-state index contributed by atoms with van der Waals surface area (Å²) in [6.45, 7) is -1.13. The number of ether oxygens (including phenoxy) is 2. The van der Waals surface area contributed by atoms with Gasteiger partial charge in [0, 0.05) is 12.3 Å².